The Kier molecular flexibility index (Phi) is 127. The molecule has 0 atom stereocenters. The number of hydrogen-bond donors (Lipinski definition) is 0. The molecule has 0 heterocycles. The van der Waals surface area contributed by atoms with Crippen LogP contribution in [-0.4, -0.2) is 0 Å². The third kappa shape index (κ3) is 48.0. The summed E-state index contributed by atoms with van der Waals surface area (Å²) in [4.78, 5) is 0. The summed E-state index contributed by atoms with van der Waals surface area (Å²) in [6, 6.07) is 0. The normalized spacial score (nSPS) is 4.67. The first kappa shape index (κ1) is 32.2. The SMILES string of the molecule is C.CCCCC.[Br-].[CH3-].[Li+]. The standard InChI is InChI=1S/C5H12.CH4.CH3.BrH.Li/c1-3-5-4-2;;;;/h3-5H2,1-2H3;1H4;1H3;1H;/q;;-1;;+1/p-1. The Balaban J connectivity index is -0.0000000133. The zero-order chi connectivity index (χ0) is 4.12. The maximum absolute atomic E-state index is 2.21. The Morgan fingerprint density at radius 1 is 1.00 bits per heavy atom. The Labute approximate surface area is 83.8 Å². The number of halogens is 1. The first-order valence-corrected chi connectivity index (χ1v) is 2.41. The zero-order valence-corrected chi connectivity index (χ0v) is 8.09. The molecule has 0 nitrogen and oxygen atoms in total. The van der Waals surface area contributed by atoms with Crippen molar-refractivity contribution in [3.8, 4) is 0 Å². The number of unbranched alkanes of at least 4 members (excludes halogenated alkanes) is 2. The molecule has 0 spiro atoms. The van der Waals surface area contributed by atoms with Gasteiger partial charge in [0.1, 0.15) is 0 Å². The Bertz CT molecular complexity index is 16.4. The summed E-state index contributed by atoms with van der Waals surface area (Å²) in [5.74, 6) is 0. The van der Waals surface area contributed by atoms with Gasteiger partial charge in [-0.1, -0.05) is 40.5 Å². The van der Waals surface area contributed by atoms with Gasteiger partial charge in [0.2, 0.25) is 0 Å². The van der Waals surface area contributed by atoms with Crippen LogP contribution in [0.5, 0.6) is 0 Å². The molecule has 0 aromatic rings. The van der Waals surface area contributed by atoms with Crippen LogP contribution in [-0.2, 0) is 0 Å². The van der Waals surface area contributed by atoms with Crippen LogP contribution in [0.3, 0.4) is 0 Å². The molecular formula is C7H19BrLi-. The van der Waals surface area contributed by atoms with Gasteiger partial charge in [-0.2, -0.15) is 0 Å². The van der Waals surface area contributed by atoms with Crippen molar-refractivity contribution in [1.82, 2.24) is 0 Å². The molecule has 0 saturated carbocycles. The van der Waals surface area contributed by atoms with Crippen LogP contribution in [0.2, 0.25) is 0 Å². The van der Waals surface area contributed by atoms with Gasteiger partial charge >= 0.3 is 18.9 Å². The average molecular weight is 190 g/mol. The minimum atomic E-state index is 0. The van der Waals surface area contributed by atoms with Gasteiger partial charge in [0.15, 0.2) is 0 Å². The first-order chi connectivity index (χ1) is 2.41. The fourth-order valence-corrected chi connectivity index (χ4v) is 0.354. The first-order valence-electron chi connectivity index (χ1n) is 2.41. The predicted octanol–water partition coefficient (Wildman–Crippen LogP) is -2.71. The quantitative estimate of drug-likeness (QED) is 0.328. The van der Waals surface area contributed by atoms with Crippen molar-refractivity contribution < 1.29 is 35.8 Å². The van der Waals surface area contributed by atoms with E-state index in [1.807, 2.05) is 0 Å². The third-order valence-corrected chi connectivity index (χ3v) is 0.707. The van der Waals surface area contributed by atoms with Gasteiger partial charge in [0.25, 0.3) is 0 Å². The van der Waals surface area contributed by atoms with E-state index in [1.165, 1.54) is 19.3 Å². The number of rotatable bonds is 2. The van der Waals surface area contributed by atoms with Gasteiger partial charge in [-0.05, 0) is 0 Å². The van der Waals surface area contributed by atoms with Crippen molar-refractivity contribution in [1.29, 1.82) is 0 Å². The van der Waals surface area contributed by atoms with E-state index in [-0.39, 0.29) is 50.7 Å². The van der Waals surface area contributed by atoms with Crippen LogP contribution in [0.4, 0.5) is 0 Å². The van der Waals surface area contributed by atoms with Gasteiger partial charge in [-0.15, -0.1) is 0 Å². The van der Waals surface area contributed by atoms with Crippen LogP contribution < -0.4 is 35.8 Å². The molecule has 0 aliphatic carbocycles. The molecule has 0 saturated heterocycles. The van der Waals surface area contributed by atoms with Gasteiger partial charge in [0, 0.05) is 0 Å². The van der Waals surface area contributed by atoms with Crippen molar-refractivity contribution in [2.75, 3.05) is 0 Å². The molecule has 0 radical (unpaired) electrons. The maximum atomic E-state index is 2.21. The summed E-state index contributed by atoms with van der Waals surface area (Å²) in [7, 11) is 0. The molecule has 0 amide bonds. The second kappa shape index (κ2) is 35.6. The van der Waals surface area contributed by atoms with Crippen LogP contribution in [0.1, 0.15) is 40.5 Å². The Morgan fingerprint density at radius 2 is 1.22 bits per heavy atom. The molecule has 0 aromatic heterocycles. The van der Waals surface area contributed by atoms with Crippen molar-refractivity contribution in [3.63, 3.8) is 0 Å². The molecule has 0 unspecified atom stereocenters. The van der Waals surface area contributed by atoms with E-state index in [0.29, 0.717) is 0 Å². The molecule has 56 valence electrons. The third-order valence-electron chi connectivity index (χ3n) is 0.707. The fraction of sp³-hybridized carbons (Fsp3) is 0.857. The van der Waals surface area contributed by atoms with E-state index in [4.69, 9.17) is 0 Å². The Morgan fingerprint density at radius 3 is 1.22 bits per heavy atom. The molecular weight excluding hydrogens is 171 g/mol. The van der Waals surface area contributed by atoms with Crippen LogP contribution in [0.25, 0.3) is 0 Å². The van der Waals surface area contributed by atoms with Crippen LogP contribution in [0, 0.1) is 7.43 Å². The summed E-state index contributed by atoms with van der Waals surface area (Å²) >= 11 is 0. The molecule has 0 rings (SSSR count). The molecule has 0 aliphatic rings. The van der Waals surface area contributed by atoms with E-state index in [2.05, 4.69) is 13.8 Å². The van der Waals surface area contributed by atoms with Gasteiger partial charge in [-0.3, -0.25) is 0 Å². The second-order valence-electron chi connectivity index (χ2n) is 1.35. The van der Waals surface area contributed by atoms with Gasteiger partial charge in [-0.25, -0.2) is 0 Å². The fourth-order valence-electron chi connectivity index (χ4n) is 0.354. The topological polar surface area (TPSA) is 0 Å². The Hall–Kier alpha value is 1.08. The van der Waals surface area contributed by atoms with Crippen LogP contribution >= 0.6 is 0 Å². The van der Waals surface area contributed by atoms with Crippen molar-refractivity contribution in [2.45, 2.75) is 40.5 Å². The predicted molar refractivity (Wildman–Crippen MR) is 38.3 cm³/mol. The molecule has 0 aromatic carbocycles. The summed E-state index contributed by atoms with van der Waals surface area (Å²) < 4.78 is 0. The average Bonchev–Trinajstić information content (AvgIpc) is 1.41. The minimum absolute atomic E-state index is 0. The molecule has 0 aliphatic heterocycles. The maximum Gasteiger partial charge on any atom is 1.00 e. The van der Waals surface area contributed by atoms with Gasteiger partial charge in [0.05, 0.1) is 0 Å². The van der Waals surface area contributed by atoms with Crippen molar-refractivity contribution in [2.24, 2.45) is 0 Å². The minimum Gasteiger partial charge on any atom is -1.00 e. The van der Waals surface area contributed by atoms with E-state index >= 15 is 0 Å². The monoisotopic (exact) mass is 189 g/mol. The molecule has 0 fully saturated rings. The van der Waals surface area contributed by atoms with E-state index in [9.17, 15) is 0 Å². The number of hydrogen-bond acceptors (Lipinski definition) is 0. The van der Waals surface area contributed by atoms with Crippen molar-refractivity contribution in [3.05, 3.63) is 7.43 Å². The summed E-state index contributed by atoms with van der Waals surface area (Å²) in [5, 5.41) is 0. The molecule has 0 N–H and O–H groups in total. The summed E-state index contributed by atoms with van der Waals surface area (Å²) in [6.45, 7) is 4.42. The summed E-state index contributed by atoms with van der Waals surface area (Å²) in [6.07, 6.45) is 4.08. The second-order valence-corrected chi connectivity index (χ2v) is 1.35. The summed E-state index contributed by atoms with van der Waals surface area (Å²) in [5.41, 5.74) is 0. The molecule has 9 heavy (non-hydrogen) atoms. The largest absolute Gasteiger partial charge is 1.00 e. The van der Waals surface area contributed by atoms with E-state index in [1.54, 1.807) is 0 Å². The van der Waals surface area contributed by atoms with Crippen LogP contribution in [0.15, 0.2) is 0 Å². The molecule has 2 heteroatoms. The van der Waals surface area contributed by atoms with Gasteiger partial charge < -0.3 is 24.4 Å². The smallest absolute Gasteiger partial charge is 1.00 e. The van der Waals surface area contributed by atoms with E-state index < -0.39 is 0 Å². The van der Waals surface area contributed by atoms with E-state index in [0.717, 1.165) is 0 Å². The van der Waals surface area contributed by atoms with Crippen molar-refractivity contribution >= 4 is 0 Å². The molecule has 0 bridgehead atoms. The zero-order valence-electron chi connectivity index (χ0n) is 6.50.